The second-order valence-corrected chi connectivity index (χ2v) is 12.5. The van der Waals surface area contributed by atoms with Gasteiger partial charge < -0.3 is 9.53 Å². The van der Waals surface area contributed by atoms with E-state index in [1.807, 2.05) is 26.9 Å². The molecule has 0 aliphatic heterocycles. The molecule has 0 bridgehead atoms. The Hall–Kier alpha value is -0.0831. The van der Waals surface area contributed by atoms with E-state index in [2.05, 4.69) is 13.7 Å². The molecule has 1 unspecified atom stereocenters. The van der Waals surface area contributed by atoms with Crippen LogP contribution in [0.3, 0.4) is 0 Å². The lowest BCUT2D eigenvalue weighted by Gasteiger charge is -2.37. The van der Waals surface area contributed by atoms with Gasteiger partial charge in [-0.1, -0.05) is 30.7 Å². The van der Waals surface area contributed by atoms with Crippen LogP contribution >= 0.6 is 16.8 Å². The van der Waals surface area contributed by atoms with E-state index in [4.69, 9.17) is 0 Å². The summed E-state index contributed by atoms with van der Waals surface area (Å²) in [5.74, 6) is 1.56. The molecule has 0 aromatic carbocycles. The van der Waals surface area contributed by atoms with Crippen LogP contribution in [0.5, 0.6) is 0 Å². The van der Waals surface area contributed by atoms with E-state index in [0.717, 1.165) is 14.3 Å². The van der Waals surface area contributed by atoms with Crippen molar-refractivity contribution in [1.29, 1.82) is 0 Å². The minimum absolute atomic E-state index is 0.0912. The van der Waals surface area contributed by atoms with Crippen LogP contribution in [0.15, 0.2) is 0 Å². The number of esters is 1. The molecule has 0 rings (SSSR count). The van der Waals surface area contributed by atoms with Crippen LogP contribution in [-0.4, -0.2) is 37.8 Å². The fraction of sp³-hybridized carbons (Fsp3) is 0.786. The Morgan fingerprint density at radius 1 is 1.43 bits per heavy atom. The second-order valence-electron chi connectivity index (χ2n) is 6.58. The normalized spacial score (nSPS) is 14.2. The molecule has 122 valence electrons. The monoisotopic (exact) mass is 350 g/mol. The molecule has 1 N–H and O–H groups in total. The van der Waals surface area contributed by atoms with Gasteiger partial charge in [-0.3, -0.25) is 9.59 Å². The van der Waals surface area contributed by atoms with Crippen molar-refractivity contribution < 1.29 is 19.1 Å². The third-order valence-electron chi connectivity index (χ3n) is 4.15. The first kappa shape index (κ1) is 20.9. The summed E-state index contributed by atoms with van der Waals surface area (Å²) in [6, 6.07) is 0. The van der Waals surface area contributed by atoms with Crippen LogP contribution in [0.2, 0.25) is 18.1 Å². The highest BCUT2D eigenvalue weighted by molar-refractivity contribution is 8.02. The Labute approximate surface area is 133 Å². The number of carbonyl (C=O) groups excluding carboxylic acids is 2. The Kier molecular flexibility index (Phi) is 9.11. The molecule has 2 atom stereocenters. The first-order chi connectivity index (χ1) is 9.53. The second kappa shape index (κ2) is 9.15. The highest BCUT2D eigenvalue weighted by Gasteiger charge is 2.39. The van der Waals surface area contributed by atoms with Crippen LogP contribution < -0.4 is 0 Å². The van der Waals surface area contributed by atoms with Gasteiger partial charge in [-0.05, 0) is 36.9 Å². The summed E-state index contributed by atoms with van der Waals surface area (Å²) < 4.78 is 4.67. The standard InChI is InChI=1S/C14H28O4P2Si/c1-14(2,21(4,5)17)9-11(6-7-13(16)18-3)8-12(15)10-20-19/h10-11,17H,6-9,19H2,1-5H3/t11-/m0/s1. The lowest BCUT2D eigenvalue weighted by atomic mass is 9.88. The predicted molar refractivity (Wildman–Crippen MR) is 95.4 cm³/mol. The molecule has 0 fully saturated rings. The van der Waals surface area contributed by atoms with Gasteiger partial charge in [0.1, 0.15) is 0 Å². The summed E-state index contributed by atoms with van der Waals surface area (Å²) >= 11 is 0. The molecule has 0 heterocycles. The lowest BCUT2D eigenvalue weighted by molar-refractivity contribution is -0.141. The van der Waals surface area contributed by atoms with Crippen molar-refractivity contribution in [2.75, 3.05) is 7.11 Å². The van der Waals surface area contributed by atoms with Gasteiger partial charge in [0.15, 0.2) is 14.1 Å². The topological polar surface area (TPSA) is 63.6 Å². The van der Waals surface area contributed by atoms with Gasteiger partial charge in [0.05, 0.1) is 7.11 Å². The molecular weight excluding hydrogens is 322 g/mol. The smallest absolute Gasteiger partial charge is 0.305 e. The number of hydrogen-bond donors (Lipinski definition) is 1. The molecular formula is C14H28O4P2Si. The van der Waals surface area contributed by atoms with Crippen molar-refractivity contribution in [3.63, 3.8) is 0 Å². The Bertz CT molecular complexity index is 389. The van der Waals surface area contributed by atoms with E-state index in [-0.39, 0.29) is 22.7 Å². The molecule has 0 radical (unpaired) electrons. The Balaban J connectivity index is 4.87. The maximum Gasteiger partial charge on any atom is 0.305 e. The summed E-state index contributed by atoms with van der Waals surface area (Å²) in [6.45, 7) is 7.93. The fourth-order valence-corrected chi connectivity index (χ4v) is 3.65. The van der Waals surface area contributed by atoms with Gasteiger partial charge >= 0.3 is 5.97 Å². The van der Waals surface area contributed by atoms with Crippen molar-refractivity contribution in [1.82, 2.24) is 0 Å². The van der Waals surface area contributed by atoms with Gasteiger partial charge in [-0.2, -0.15) is 0 Å². The van der Waals surface area contributed by atoms with Gasteiger partial charge in [0.2, 0.25) is 0 Å². The first-order valence-corrected chi connectivity index (χ1v) is 12.6. The van der Waals surface area contributed by atoms with Crippen LogP contribution in [0.1, 0.15) is 39.5 Å². The van der Waals surface area contributed by atoms with Crippen LogP contribution in [0.4, 0.5) is 0 Å². The van der Waals surface area contributed by atoms with Crippen molar-refractivity contribution in [2.24, 2.45) is 5.92 Å². The van der Waals surface area contributed by atoms with Gasteiger partial charge in [0.25, 0.3) is 0 Å². The third kappa shape index (κ3) is 8.20. The first-order valence-electron chi connectivity index (χ1n) is 7.08. The van der Waals surface area contributed by atoms with Crippen molar-refractivity contribution in [3.05, 3.63) is 0 Å². The SMILES string of the molecule is COC(=O)CC[C@@H](CC(=O)/C=P/P)CC(C)(C)[Si](C)(C)O. The number of ether oxygens (including phenoxy) is 1. The number of Topliss-reactive ketones (excluding diaryl/α,β-unsaturated/α-hetero) is 1. The highest BCUT2D eigenvalue weighted by atomic mass is 32.0. The summed E-state index contributed by atoms with van der Waals surface area (Å²) in [7, 11) is 2.40. The van der Waals surface area contributed by atoms with Gasteiger partial charge in [0, 0.05) is 18.6 Å². The van der Waals surface area contributed by atoms with Crippen LogP contribution in [0.25, 0.3) is 0 Å². The number of methoxy groups -OCH3 is 1. The largest absolute Gasteiger partial charge is 0.469 e. The average molecular weight is 350 g/mol. The maximum atomic E-state index is 11.9. The third-order valence-corrected chi connectivity index (χ3v) is 8.55. The Morgan fingerprint density at radius 2 is 2.00 bits per heavy atom. The molecule has 21 heavy (non-hydrogen) atoms. The van der Waals surface area contributed by atoms with E-state index in [9.17, 15) is 14.4 Å². The van der Waals surface area contributed by atoms with E-state index in [0.29, 0.717) is 19.3 Å². The van der Waals surface area contributed by atoms with E-state index >= 15 is 0 Å². The summed E-state index contributed by atoms with van der Waals surface area (Å²) in [5.41, 5.74) is 0. The van der Waals surface area contributed by atoms with Gasteiger partial charge in [-0.25, -0.2) is 0 Å². The molecule has 4 nitrogen and oxygen atoms in total. The van der Waals surface area contributed by atoms with Crippen molar-refractivity contribution in [3.8, 4) is 0 Å². The molecule has 0 aromatic rings. The van der Waals surface area contributed by atoms with Crippen LogP contribution in [-0.2, 0) is 14.3 Å². The zero-order valence-corrected chi connectivity index (χ0v) is 16.7. The summed E-state index contributed by atoms with van der Waals surface area (Å²) in [5, 5.41) is -0.202. The highest BCUT2D eigenvalue weighted by Crippen LogP contribution is 2.43. The molecule has 0 aliphatic rings. The molecule has 0 saturated heterocycles. The lowest BCUT2D eigenvalue weighted by Crippen LogP contribution is -2.40. The minimum atomic E-state index is -2.33. The molecule has 0 spiro atoms. The predicted octanol–water partition coefficient (Wildman–Crippen LogP) is 3.42. The number of ketones is 1. The van der Waals surface area contributed by atoms with E-state index < -0.39 is 8.32 Å². The van der Waals surface area contributed by atoms with E-state index in [1.165, 1.54) is 7.11 Å². The van der Waals surface area contributed by atoms with Crippen molar-refractivity contribution in [2.45, 2.75) is 57.7 Å². The average Bonchev–Trinajstić information content (AvgIpc) is 2.34. The minimum Gasteiger partial charge on any atom is -0.469 e. The number of hydrogen-bond acceptors (Lipinski definition) is 4. The van der Waals surface area contributed by atoms with E-state index in [1.54, 1.807) is 5.80 Å². The van der Waals surface area contributed by atoms with Crippen LogP contribution in [0, 0.1) is 5.92 Å². The zero-order chi connectivity index (χ0) is 16.7. The fourth-order valence-electron chi connectivity index (χ4n) is 2.09. The molecule has 0 amide bonds. The molecule has 7 heteroatoms. The summed E-state index contributed by atoms with van der Waals surface area (Å²) in [4.78, 5) is 33.6. The number of carbonyl (C=O) groups is 2. The van der Waals surface area contributed by atoms with Gasteiger partial charge in [-0.15, -0.1) is 0 Å². The zero-order valence-electron chi connectivity index (χ0n) is 13.7. The summed E-state index contributed by atoms with van der Waals surface area (Å²) in [6.07, 6.45) is 2.10. The quantitative estimate of drug-likeness (QED) is 0.393. The molecule has 0 aliphatic carbocycles. The van der Waals surface area contributed by atoms with Crippen molar-refractivity contribution >= 4 is 42.7 Å². The Morgan fingerprint density at radius 3 is 2.43 bits per heavy atom. The molecule has 0 aromatic heterocycles. The maximum absolute atomic E-state index is 11.9. The number of rotatable bonds is 9. The molecule has 0 saturated carbocycles.